The van der Waals surface area contributed by atoms with E-state index in [-0.39, 0.29) is 25.4 Å². The molecule has 4 rings (SSSR count). The summed E-state index contributed by atoms with van der Waals surface area (Å²) >= 11 is 1.36. The van der Waals surface area contributed by atoms with E-state index in [2.05, 4.69) is 31.0 Å². The highest BCUT2D eigenvalue weighted by molar-refractivity contribution is 7.15. The van der Waals surface area contributed by atoms with Crippen LogP contribution < -0.4 is 15.4 Å². The van der Waals surface area contributed by atoms with Crippen molar-refractivity contribution in [2.75, 3.05) is 17.2 Å². The van der Waals surface area contributed by atoms with Crippen LogP contribution in [-0.4, -0.2) is 55.3 Å². The van der Waals surface area contributed by atoms with Gasteiger partial charge in [0.25, 0.3) is 0 Å². The lowest BCUT2D eigenvalue weighted by molar-refractivity contribution is -0.136. The minimum absolute atomic E-state index is 0.0397. The predicted molar refractivity (Wildman–Crippen MR) is 150 cm³/mol. The quantitative estimate of drug-likeness (QED) is 0.125. The molecule has 0 saturated carbocycles. The van der Waals surface area contributed by atoms with Gasteiger partial charge in [-0.15, -0.1) is 15.3 Å². The summed E-state index contributed by atoms with van der Waals surface area (Å²) in [4.78, 5) is 23.0. The second-order valence-corrected chi connectivity index (χ2v) is 10.1. The van der Waals surface area contributed by atoms with Gasteiger partial charge < -0.3 is 25.6 Å². The summed E-state index contributed by atoms with van der Waals surface area (Å²) in [7, 11) is 0. The summed E-state index contributed by atoms with van der Waals surface area (Å²) in [6, 6.07) is 19.9. The lowest BCUT2D eigenvalue weighted by Crippen LogP contribution is -2.26. The number of hydrogen-bond acceptors (Lipinski definition) is 10. The van der Waals surface area contributed by atoms with Gasteiger partial charge in [-0.3, -0.25) is 9.59 Å². The number of rotatable bonds is 15. The molecule has 0 saturated heterocycles. The zero-order valence-electron chi connectivity index (χ0n) is 21.7. The number of unbranched alkanes of at least 4 members (excludes halogenated alkanes) is 1. The van der Waals surface area contributed by atoms with Crippen LogP contribution in [0, 0.1) is 0 Å². The summed E-state index contributed by atoms with van der Waals surface area (Å²) in [5, 5.41) is 42.7. The largest absolute Gasteiger partial charge is 0.489 e. The molecule has 0 aliphatic carbocycles. The first-order chi connectivity index (χ1) is 19.4. The Balaban J connectivity index is 1.12. The Morgan fingerprint density at radius 1 is 0.875 bits per heavy atom. The van der Waals surface area contributed by atoms with Crippen LogP contribution in [0.4, 0.5) is 10.9 Å². The molecule has 40 heavy (non-hydrogen) atoms. The van der Waals surface area contributed by atoms with Crippen LogP contribution in [-0.2, 0) is 35.3 Å². The zero-order chi connectivity index (χ0) is 28.2. The van der Waals surface area contributed by atoms with Gasteiger partial charge in [0, 0.05) is 6.42 Å². The van der Waals surface area contributed by atoms with Crippen LogP contribution in [0.1, 0.15) is 34.7 Å². The van der Waals surface area contributed by atoms with Crippen molar-refractivity contribution in [3.8, 4) is 5.75 Å². The van der Waals surface area contributed by atoms with E-state index in [0.717, 1.165) is 41.9 Å². The maximum absolute atomic E-state index is 12.2. The van der Waals surface area contributed by atoms with E-state index < -0.39 is 12.2 Å². The van der Waals surface area contributed by atoms with E-state index in [0.29, 0.717) is 22.3 Å². The van der Waals surface area contributed by atoms with Crippen molar-refractivity contribution < 1.29 is 24.5 Å². The highest BCUT2D eigenvalue weighted by Crippen LogP contribution is 2.19. The summed E-state index contributed by atoms with van der Waals surface area (Å²) in [6.07, 6.45) is 2.43. The van der Waals surface area contributed by atoms with E-state index in [9.17, 15) is 14.7 Å². The maximum Gasteiger partial charge on any atom is 0.307 e. The number of carbonyl (C=O) groups is 2. The van der Waals surface area contributed by atoms with Gasteiger partial charge in [-0.1, -0.05) is 53.8 Å². The van der Waals surface area contributed by atoms with Crippen LogP contribution in [0.25, 0.3) is 0 Å². The zero-order valence-corrected chi connectivity index (χ0v) is 22.5. The minimum Gasteiger partial charge on any atom is -0.489 e. The molecule has 4 N–H and O–H groups in total. The van der Waals surface area contributed by atoms with Crippen molar-refractivity contribution in [1.82, 2.24) is 20.4 Å². The van der Waals surface area contributed by atoms with E-state index in [1.165, 1.54) is 11.3 Å². The highest BCUT2D eigenvalue weighted by Gasteiger charge is 2.11. The molecule has 0 fully saturated rings. The number of nitrogens with one attached hydrogen (secondary N) is 2. The Kier molecular flexibility index (Phi) is 10.5. The average Bonchev–Trinajstić information content (AvgIpc) is 3.38. The van der Waals surface area contributed by atoms with Crippen molar-refractivity contribution in [2.24, 2.45) is 0 Å². The molecule has 0 spiro atoms. The van der Waals surface area contributed by atoms with Crippen molar-refractivity contribution >= 4 is 34.2 Å². The Hall–Kier alpha value is -4.42. The van der Waals surface area contributed by atoms with Crippen molar-refractivity contribution in [3.63, 3.8) is 0 Å². The lowest BCUT2D eigenvalue weighted by Gasteiger charge is -2.13. The van der Waals surface area contributed by atoms with E-state index in [1.54, 1.807) is 30.3 Å². The number of carbonyl (C=O) groups excluding carboxylic acids is 1. The first kappa shape index (κ1) is 28.6. The molecule has 11 nitrogen and oxygen atoms in total. The monoisotopic (exact) mass is 562 g/mol. The number of aliphatic hydroxyl groups excluding tert-OH is 1. The van der Waals surface area contributed by atoms with E-state index in [4.69, 9.17) is 9.84 Å². The number of hydrogen-bond donors (Lipinski definition) is 4. The van der Waals surface area contributed by atoms with Gasteiger partial charge in [0.15, 0.2) is 12.0 Å². The van der Waals surface area contributed by atoms with Gasteiger partial charge in [-0.25, -0.2) is 0 Å². The normalized spacial score (nSPS) is 11.5. The molecule has 1 unspecified atom stereocenters. The molecule has 2 aromatic heterocycles. The van der Waals surface area contributed by atoms with Gasteiger partial charge in [0.05, 0.1) is 18.5 Å². The molecule has 0 aliphatic heterocycles. The molecule has 0 bridgehead atoms. The number of carboxylic acids is 1. The molecule has 1 amide bonds. The molecular formula is C28H30N6O5S. The summed E-state index contributed by atoms with van der Waals surface area (Å²) < 4.78 is 5.56. The fourth-order valence-electron chi connectivity index (χ4n) is 3.80. The Labute approximate surface area is 235 Å². The standard InChI is InChI=1S/C28H30N6O5S/c35-24(16-19-7-2-1-3-8-19)29-23-14-13-21(31-32-23)10-4-5-12-26-33-34-28(40-26)30-25(36)18-39-22-11-6-9-20(15-22)17-27(37)38/h1-3,6-9,11,13-15,25,36H,4-5,10,12,16-18H2,(H,30,34)(H,37,38)(H,29,32,35). The molecule has 0 aliphatic rings. The molecule has 2 heterocycles. The fourth-order valence-corrected chi connectivity index (χ4v) is 4.63. The smallest absolute Gasteiger partial charge is 0.307 e. The van der Waals surface area contributed by atoms with Crippen LogP contribution in [0.2, 0.25) is 0 Å². The summed E-state index contributed by atoms with van der Waals surface area (Å²) in [5.74, 6) is -0.153. The number of aliphatic hydroxyl groups is 1. The topological polar surface area (TPSA) is 159 Å². The van der Waals surface area contributed by atoms with Gasteiger partial charge >= 0.3 is 5.97 Å². The summed E-state index contributed by atoms with van der Waals surface area (Å²) in [6.45, 7) is -0.0397. The third kappa shape index (κ3) is 9.71. The van der Waals surface area contributed by atoms with E-state index >= 15 is 0 Å². The molecular weight excluding hydrogens is 532 g/mol. The number of aromatic nitrogens is 4. The number of aryl methyl sites for hydroxylation is 2. The number of anilines is 2. The molecule has 208 valence electrons. The van der Waals surface area contributed by atoms with Crippen molar-refractivity contribution in [2.45, 2.75) is 44.8 Å². The number of benzene rings is 2. The second kappa shape index (κ2) is 14.7. The first-order valence-corrected chi connectivity index (χ1v) is 13.6. The van der Waals surface area contributed by atoms with Gasteiger partial charge in [-0.05, 0) is 54.7 Å². The predicted octanol–water partition coefficient (Wildman–Crippen LogP) is 3.51. The van der Waals surface area contributed by atoms with Crippen molar-refractivity contribution in [1.29, 1.82) is 0 Å². The number of amides is 1. The SMILES string of the molecule is O=C(O)Cc1cccc(OCC(O)Nc2nnc(CCCCc3ccc(NC(=O)Cc4ccccc4)nn3)s2)c1. The van der Waals surface area contributed by atoms with Crippen LogP contribution in [0.15, 0.2) is 66.7 Å². The lowest BCUT2D eigenvalue weighted by atomic mass is 10.1. The van der Waals surface area contributed by atoms with Crippen molar-refractivity contribution in [3.05, 3.63) is 88.6 Å². The van der Waals surface area contributed by atoms with Crippen LogP contribution in [0.3, 0.4) is 0 Å². The van der Waals surface area contributed by atoms with Gasteiger partial charge in [0.1, 0.15) is 17.4 Å². The first-order valence-electron chi connectivity index (χ1n) is 12.8. The van der Waals surface area contributed by atoms with Crippen LogP contribution in [0.5, 0.6) is 5.75 Å². The van der Waals surface area contributed by atoms with Gasteiger partial charge in [-0.2, -0.15) is 5.10 Å². The molecule has 4 aromatic rings. The third-order valence-corrected chi connectivity index (χ3v) is 6.60. The number of nitrogens with zero attached hydrogens (tertiary/aromatic N) is 4. The fraction of sp³-hybridized carbons (Fsp3) is 0.286. The van der Waals surface area contributed by atoms with E-state index in [1.807, 2.05) is 36.4 Å². The minimum atomic E-state index is -1.01. The Bertz CT molecular complexity index is 1380. The molecule has 1 atom stereocenters. The molecule has 2 aromatic carbocycles. The van der Waals surface area contributed by atoms with Crippen LogP contribution >= 0.6 is 11.3 Å². The molecule has 12 heteroatoms. The Morgan fingerprint density at radius 2 is 1.68 bits per heavy atom. The third-order valence-electron chi connectivity index (χ3n) is 5.69. The molecule has 0 radical (unpaired) electrons. The average molecular weight is 563 g/mol. The maximum atomic E-state index is 12.2. The second-order valence-electron chi connectivity index (χ2n) is 9.02. The van der Waals surface area contributed by atoms with Gasteiger partial charge in [0.2, 0.25) is 11.0 Å². The number of aliphatic carboxylic acids is 1. The summed E-state index contributed by atoms with van der Waals surface area (Å²) in [5.41, 5.74) is 2.40. The number of carboxylic acid groups (broad SMARTS) is 1. The number of ether oxygens (including phenoxy) is 1. The Morgan fingerprint density at radius 3 is 2.45 bits per heavy atom. The highest BCUT2D eigenvalue weighted by atomic mass is 32.1.